The SMILES string of the molecule is CCCNC(=O)CNC(=NC)NC(C)c1ccc(C)c(F)c1. The maximum atomic E-state index is 13.6. The number of aliphatic imine (C=N–C) groups is 1. The average Bonchev–Trinajstić information content (AvgIpc) is 2.51. The minimum atomic E-state index is -0.229. The van der Waals surface area contributed by atoms with Crippen molar-refractivity contribution in [2.75, 3.05) is 20.1 Å². The van der Waals surface area contributed by atoms with Crippen molar-refractivity contribution in [1.29, 1.82) is 0 Å². The Morgan fingerprint density at radius 2 is 2.09 bits per heavy atom. The molecule has 0 aliphatic rings. The molecule has 5 nitrogen and oxygen atoms in total. The van der Waals surface area contributed by atoms with Crippen LogP contribution in [0.5, 0.6) is 0 Å². The first-order chi connectivity index (χ1) is 10.5. The van der Waals surface area contributed by atoms with E-state index < -0.39 is 0 Å². The van der Waals surface area contributed by atoms with Crippen LogP contribution in [0.2, 0.25) is 0 Å². The lowest BCUT2D eigenvalue weighted by Gasteiger charge is -2.18. The van der Waals surface area contributed by atoms with Crippen molar-refractivity contribution in [1.82, 2.24) is 16.0 Å². The molecule has 0 spiro atoms. The van der Waals surface area contributed by atoms with Crippen LogP contribution in [0.4, 0.5) is 4.39 Å². The third-order valence-corrected chi connectivity index (χ3v) is 3.26. The van der Waals surface area contributed by atoms with Crippen LogP contribution in [-0.2, 0) is 4.79 Å². The third kappa shape index (κ3) is 5.71. The van der Waals surface area contributed by atoms with Crippen LogP contribution in [0.3, 0.4) is 0 Å². The molecule has 0 bridgehead atoms. The fraction of sp³-hybridized carbons (Fsp3) is 0.500. The first kappa shape index (κ1) is 17.9. The molecule has 1 rings (SSSR count). The van der Waals surface area contributed by atoms with Crippen molar-refractivity contribution >= 4 is 11.9 Å². The van der Waals surface area contributed by atoms with Crippen LogP contribution < -0.4 is 16.0 Å². The molecule has 6 heteroatoms. The highest BCUT2D eigenvalue weighted by Gasteiger charge is 2.10. The van der Waals surface area contributed by atoms with Crippen molar-refractivity contribution in [3.8, 4) is 0 Å². The van der Waals surface area contributed by atoms with Gasteiger partial charge in [0.15, 0.2) is 5.96 Å². The van der Waals surface area contributed by atoms with Crippen LogP contribution >= 0.6 is 0 Å². The summed E-state index contributed by atoms with van der Waals surface area (Å²) >= 11 is 0. The first-order valence-electron chi connectivity index (χ1n) is 7.47. The molecule has 3 N–H and O–H groups in total. The summed E-state index contributed by atoms with van der Waals surface area (Å²) < 4.78 is 13.6. The Balaban J connectivity index is 2.54. The van der Waals surface area contributed by atoms with E-state index in [0.29, 0.717) is 18.1 Å². The van der Waals surface area contributed by atoms with E-state index in [9.17, 15) is 9.18 Å². The van der Waals surface area contributed by atoms with Gasteiger partial charge >= 0.3 is 0 Å². The van der Waals surface area contributed by atoms with E-state index in [2.05, 4.69) is 20.9 Å². The Hall–Kier alpha value is -2.11. The zero-order chi connectivity index (χ0) is 16.5. The molecule has 0 aliphatic heterocycles. The molecule has 1 atom stereocenters. The summed E-state index contributed by atoms with van der Waals surface area (Å²) in [5.41, 5.74) is 1.44. The van der Waals surface area contributed by atoms with Crippen LogP contribution in [0.25, 0.3) is 0 Å². The van der Waals surface area contributed by atoms with Gasteiger partial charge in [-0.3, -0.25) is 9.79 Å². The number of aryl methyl sites for hydroxylation is 1. The van der Waals surface area contributed by atoms with Crippen LogP contribution in [0.15, 0.2) is 23.2 Å². The number of nitrogens with zero attached hydrogens (tertiary/aromatic N) is 1. The summed E-state index contributed by atoms with van der Waals surface area (Å²) in [6.07, 6.45) is 0.898. The van der Waals surface area contributed by atoms with Gasteiger partial charge in [0, 0.05) is 13.6 Å². The Kier molecular flexibility index (Phi) is 7.36. The van der Waals surface area contributed by atoms with Gasteiger partial charge in [-0.1, -0.05) is 19.1 Å². The smallest absolute Gasteiger partial charge is 0.239 e. The van der Waals surface area contributed by atoms with Crippen molar-refractivity contribution in [3.63, 3.8) is 0 Å². The van der Waals surface area contributed by atoms with Gasteiger partial charge in [-0.05, 0) is 37.5 Å². The van der Waals surface area contributed by atoms with Crippen molar-refractivity contribution < 1.29 is 9.18 Å². The highest BCUT2D eigenvalue weighted by atomic mass is 19.1. The molecule has 0 aliphatic carbocycles. The topological polar surface area (TPSA) is 65.5 Å². The zero-order valence-electron chi connectivity index (χ0n) is 13.7. The molecule has 0 aromatic heterocycles. The molecule has 1 amide bonds. The molecule has 0 heterocycles. The largest absolute Gasteiger partial charge is 0.355 e. The van der Waals surface area contributed by atoms with E-state index in [1.165, 1.54) is 6.07 Å². The van der Waals surface area contributed by atoms with Crippen molar-refractivity contribution in [2.45, 2.75) is 33.2 Å². The Bertz CT molecular complexity index is 531. The number of amides is 1. The molecular formula is C16H25FN4O. The van der Waals surface area contributed by atoms with Gasteiger partial charge in [0.05, 0.1) is 12.6 Å². The predicted octanol–water partition coefficient (Wildman–Crippen LogP) is 1.89. The fourth-order valence-electron chi connectivity index (χ4n) is 1.85. The predicted molar refractivity (Wildman–Crippen MR) is 87.4 cm³/mol. The van der Waals surface area contributed by atoms with Crippen molar-refractivity contribution in [2.24, 2.45) is 4.99 Å². The number of nitrogens with one attached hydrogen (secondary N) is 3. The average molecular weight is 308 g/mol. The second-order valence-corrected chi connectivity index (χ2v) is 5.15. The summed E-state index contributed by atoms with van der Waals surface area (Å²) in [4.78, 5) is 15.6. The quantitative estimate of drug-likeness (QED) is 0.555. The lowest BCUT2D eigenvalue weighted by molar-refractivity contribution is -0.120. The maximum absolute atomic E-state index is 13.6. The fourth-order valence-corrected chi connectivity index (χ4v) is 1.85. The number of halogens is 1. The number of guanidine groups is 1. The molecule has 1 aromatic rings. The second kappa shape index (κ2) is 9.02. The molecule has 0 saturated carbocycles. The lowest BCUT2D eigenvalue weighted by Crippen LogP contribution is -2.44. The van der Waals surface area contributed by atoms with Gasteiger partial charge < -0.3 is 16.0 Å². The monoisotopic (exact) mass is 308 g/mol. The molecule has 0 fully saturated rings. The molecule has 1 aromatic carbocycles. The van der Waals surface area contributed by atoms with Gasteiger partial charge in [-0.25, -0.2) is 4.39 Å². The number of carbonyl (C=O) groups excluding carboxylic acids is 1. The molecular weight excluding hydrogens is 283 g/mol. The zero-order valence-corrected chi connectivity index (χ0v) is 13.7. The van der Waals surface area contributed by atoms with Crippen LogP contribution in [0, 0.1) is 12.7 Å². The molecule has 22 heavy (non-hydrogen) atoms. The number of rotatable bonds is 6. The highest BCUT2D eigenvalue weighted by molar-refractivity contribution is 5.86. The van der Waals surface area contributed by atoms with Gasteiger partial charge in [0.25, 0.3) is 0 Å². The molecule has 0 saturated heterocycles. The van der Waals surface area contributed by atoms with E-state index in [0.717, 1.165) is 12.0 Å². The highest BCUT2D eigenvalue weighted by Crippen LogP contribution is 2.16. The van der Waals surface area contributed by atoms with Gasteiger partial charge in [-0.2, -0.15) is 0 Å². The summed E-state index contributed by atoms with van der Waals surface area (Å²) in [6.45, 7) is 6.44. The van der Waals surface area contributed by atoms with Gasteiger partial charge in [0.1, 0.15) is 5.82 Å². The minimum Gasteiger partial charge on any atom is -0.355 e. The number of carbonyl (C=O) groups is 1. The third-order valence-electron chi connectivity index (χ3n) is 3.26. The maximum Gasteiger partial charge on any atom is 0.239 e. The van der Waals surface area contributed by atoms with Gasteiger partial charge in [0.2, 0.25) is 5.91 Å². The number of hydrogen-bond acceptors (Lipinski definition) is 2. The first-order valence-corrected chi connectivity index (χ1v) is 7.47. The summed E-state index contributed by atoms with van der Waals surface area (Å²) in [5.74, 6) is 0.187. The van der Waals surface area contributed by atoms with Gasteiger partial charge in [-0.15, -0.1) is 0 Å². The summed E-state index contributed by atoms with van der Waals surface area (Å²) in [6, 6.07) is 5.00. The molecule has 122 valence electrons. The van der Waals surface area contributed by atoms with E-state index in [1.807, 2.05) is 19.9 Å². The molecule has 0 radical (unpaired) electrons. The Labute approximate surface area is 131 Å². The van der Waals surface area contributed by atoms with E-state index >= 15 is 0 Å². The Morgan fingerprint density at radius 3 is 2.68 bits per heavy atom. The summed E-state index contributed by atoms with van der Waals surface area (Å²) in [7, 11) is 1.63. The standard InChI is InChI=1S/C16H25FN4O/c1-5-8-19-15(22)10-20-16(18-4)21-12(3)13-7-6-11(2)14(17)9-13/h6-7,9,12H,5,8,10H2,1-4H3,(H,19,22)(H2,18,20,21). The van der Waals surface area contributed by atoms with E-state index in [4.69, 9.17) is 0 Å². The summed E-state index contributed by atoms with van der Waals surface area (Å²) in [5, 5.41) is 8.85. The molecule has 1 unspecified atom stereocenters. The van der Waals surface area contributed by atoms with Crippen LogP contribution in [-0.4, -0.2) is 32.0 Å². The minimum absolute atomic E-state index is 0.0844. The van der Waals surface area contributed by atoms with Crippen LogP contribution in [0.1, 0.15) is 37.4 Å². The van der Waals surface area contributed by atoms with E-state index in [1.54, 1.807) is 20.0 Å². The second-order valence-electron chi connectivity index (χ2n) is 5.15. The normalized spacial score (nSPS) is 12.7. The number of benzene rings is 1. The Morgan fingerprint density at radius 1 is 1.36 bits per heavy atom. The lowest BCUT2D eigenvalue weighted by atomic mass is 10.1. The van der Waals surface area contributed by atoms with Crippen molar-refractivity contribution in [3.05, 3.63) is 35.1 Å². The van der Waals surface area contributed by atoms with E-state index in [-0.39, 0.29) is 24.3 Å². The number of hydrogen-bond donors (Lipinski definition) is 3.